The third-order valence-electron chi connectivity index (χ3n) is 2.37. The van der Waals surface area contributed by atoms with Gasteiger partial charge in [-0.2, -0.15) is 0 Å². The monoisotopic (exact) mass is 365 g/mol. The molecule has 0 aliphatic carbocycles. The van der Waals surface area contributed by atoms with E-state index in [0.29, 0.717) is 10.6 Å². The van der Waals surface area contributed by atoms with E-state index in [1.165, 1.54) is 0 Å². The van der Waals surface area contributed by atoms with Gasteiger partial charge in [-0.05, 0) is 23.8 Å². The molecule has 0 aromatic heterocycles. The van der Waals surface area contributed by atoms with Gasteiger partial charge >= 0.3 is 0 Å². The predicted molar refractivity (Wildman–Crippen MR) is 67.8 cm³/mol. The van der Waals surface area contributed by atoms with Crippen LogP contribution in [0.15, 0.2) is 22.7 Å². The molecule has 2 unspecified atom stereocenters. The van der Waals surface area contributed by atoms with Gasteiger partial charge in [-0.15, -0.1) is 0 Å². The molecule has 16 heavy (non-hydrogen) atoms. The molecule has 0 radical (unpaired) electrons. The highest BCUT2D eigenvalue weighted by molar-refractivity contribution is 9.10. The molecule has 6 heteroatoms. The largest absolute Gasteiger partial charge is 0.295 e. The van der Waals surface area contributed by atoms with Crippen LogP contribution in [-0.4, -0.2) is 16.6 Å². The summed E-state index contributed by atoms with van der Waals surface area (Å²) in [6.07, 6.45) is 0. The number of amides is 2. The summed E-state index contributed by atoms with van der Waals surface area (Å²) < 4.78 is 0.760. The number of carbonyl (C=O) groups is 2. The molecule has 0 spiro atoms. The van der Waals surface area contributed by atoms with E-state index in [1.54, 1.807) is 18.2 Å². The highest BCUT2D eigenvalue weighted by atomic mass is 79.9. The van der Waals surface area contributed by atoms with Crippen molar-refractivity contribution in [1.82, 2.24) is 5.32 Å². The van der Waals surface area contributed by atoms with Crippen LogP contribution >= 0.6 is 43.5 Å². The SMILES string of the molecule is O=C1NC(=O)C(c2cc(Cl)ccc2Br)C1Br. The molecule has 1 aliphatic heterocycles. The Bertz CT molecular complexity index is 478. The molecule has 3 nitrogen and oxygen atoms in total. The van der Waals surface area contributed by atoms with Gasteiger partial charge in [-0.1, -0.05) is 43.5 Å². The summed E-state index contributed by atoms with van der Waals surface area (Å²) in [5.74, 6) is -1.17. The normalized spacial score (nSPS) is 24.7. The van der Waals surface area contributed by atoms with Crippen LogP contribution in [0.3, 0.4) is 0 Å². The number of carbonyl (C=O) groups excluding carboxylic acids is 2. The van der Waals surface area contributed by atoms with Gasteiger partial charge in [-0.3, -0.25) is 14.9 Å². The molecule has 2 atom stereocenters. The second-order valence-electron chi connectivity index (χ2n) is 3.40. The lowest BCUT2D eigenvalue weighted by atomic mass is 9.97. The van der Waals surface area contributed by atoms with Crippen molar-refractivity contribution in [2.24, 2.45) is 0 Å². The summed E-state index contributed by atoms with van der Waals surface area (Å²) in [5, 5.41) is 2.81. The average molecular weight is 367 g/mol. The maximum Gasteiger partial charge on any atom is 0.241 e. The van der Waals surface area contributed by atoms with E-state index < -0.39 is 10.7 Å². The van der Waals surface area contributed by atoms with E-state index in [2.05, 4.69) is 37.2 Å². The van der Waals surface area contributed by atoms with Crippen molar-refractivity contribution in [3.63, 3.8) is 0 Å². The van der Waals surface area contributed by atoms with Crippen LogP contribution in [-0.2, 0) is 9.59 Å². The Morgan fingerprint density at radius 2 is 1.94 bits per heavy atom. The van der Waals surface area contributed by atoms with Crippen LogP contribution < -0.4 is 5.32 Å². The van der Waals surface area contributed by atoms with E-state index >= 15 is 0 Å². The van der Waals surface area contributed by atoms with Crippen molar-refractivity contribution in [2.75, 3.05) is 0 Å². The second-order valence-corrected chi connectivity index (χ2v) is 5.68. The number of imide groups is 1. The molecule has 1 fully saturated rings. The van der Waals surface area contributed by atoms with Crippen molar-refractivity contribution in [3.8, 4) is 0 Å². The molecular formula is C10H6Br2ClNO2. The lowest BCUT2D eigenvalue weighted by molar-refractivity contribution is -0.125. The van der Waals surface area contributed by atoms with Gasteiger partial charge < -0.3 is 0 Å². The average Bonchev–Trinajstić information content (AvgIpc) is 2.46. The first-order valence-electron chi connectivity index (χ1n) is 4.44. The molecule has 2 amide bonds. The third-order valence-corrected chi connectivity index (χ3v) is 4.27. The lowest BCUT2D eigenvalue weighted by Gasteiger charge is -2.12. The van der Waals surface area contributed by atoms with Crippen LogP contribution in [0, 0.1) is 0 Å². The van der Waals surface area contributed by atoms with Gasteiger partial charge in [0.1, 0.15) is 4.83 Å². The zero-order chi connectivity index (χ0) is 11.9. The fraction of sp³-hybridized carbons (Fsp3) is 0.200. The number of nitrogens with one attached hydrogen (secondary N) is 1. The lowest BCUT2D eigenvalue weighted by Crippen LogP contribution is -2.22. The van der Waals surface area contributed by atoms with E-state index in [-0.39, 0.29) is 11.8 Å². The fourth-order valence-corrected chi connectivity index (χ4v) is 2.92. The molecule has 1 aromatic rings. The standard InChI is InChI=1S/C10H6Br2ClNO2/c11-6-2-1-4(13)3-5(6)7-8(12)10(16)14-9(7)15/h1-3,7-8H,(H,14,15,16). The summed E-state index contributed by atoms with van der Waals surface area (Å²) in [6, 6.07) is 5.16. The fourth-order valence-electron chi connectivity index (χ4n) is 1.60. The Hall–Kier alpha value is -0.390. The van der Waals surface area contributed by atoms with Gasteiger partial charge in [0.2, 0.25) is 11.8 Å². The Balaban J connectivity index is 2.48. The molecule has 1 N–H and O–H groups in total. The zero-order valence-electron chi connectivity index (χ0n) is 7.84. The topological polar surface area (TPSA) is 46.2 Å². The summed E-state index contributed by atoms with van der Waals surface area (Å²) in [6.45, 7) is 0. The maximum absolute atomic E-state index is 11.6. The Morgan fingerprint density at radius 3 is 2.50 bits per heavy atom. The first kappa shape index (κ1) is 12.1. The van der Waals surface area contributed by atoms with Gasteiger partial charge in [0.15, 0.2) is 0 Å². The number of benzene rings is 1. The molecular weight excluding hydrogens is 361 g/mol. The minimum atomic E-state index is -0.547. The van der Waals surface area contributed by atoms with E-state index in [4.69, 9.17) is 11.6 Å². The maximum atomic E-state index is 11.6. The van der Waals surface area contributed by atoms with Crippen molar-refractivity contribution >= 4 is 55.3 Å². The summed E-state index contributed by atoms with van der Waals surface area (Å²) >= 11 is 12.4. The smallest absolute Gasteiger partial charge is 0.241 e. The van der Waals surface area contributed by atoms with Crippen LogP contribution in [0.5, 0.6) is 0 Å². The van der Waals surface area contributed by atoms with Crippen LogP contribution in [0.4, 0.5) is 0 Å². The highest BCUT2D eigenvalue weighted by Gasteiger charge is 2.41. The van der Waals surface area contributed by atoms with Crippen molar-refractivity contribution < 1.29 is 9.59 Å². The minimum absolute atomic E-state index is 0.310. The first-order valence-corrected chi connectivity index (χ1v) is 6.53. The first-order chi connectivity index (χ1) is 7.50. The van der Waals surface area contributed by atoms with Crippen molar-refractivity contribution in [3.05, 3.63) is 33.3 Å². The highest BCUT2D eigenvalue weighted by Crippen LogP contribution is 2.35. The van der Waals surface area contributed by atoms with Gasteiger partial charge in [0.05, 0.1) is 5.92 Å². The van der Waals surface area contributed by atoms with Crippen LogP contribution in [0.25, 0.3) is 0 Å². The summed E-state index contributed by atoms with van der Waals surface area (Å²) in [7, 11) is 0. The van der Waals surface area contributed by atoms with Gasteiger partial charge in [-0.25, -0.2) is 0 Å². The molecule has 84 valence electrons. The van der Waals surface area contributed by atoms with E-state index in [1.807, 2.05) is 0 Å². The molecule has 1 heterocycles. The zero-order valence-corrected chi connectivity index (χ0v) is 11.8. The third kappa shape index (κ3) is 2.04. The minimum Gasteiger partial charge on any atom is -0.295 e. The summed E-state index contributed by atoms with van der Waals surface area (Å²) in [4.78, 5) is 22.4. The summed E-state index contributed by atoms with van der Waals surface area (Å²) in [5.41, 5.74) is 0.706. The van der Waals surface area contributed by atoms with E-state index in [0.717, 1.165) is 4.47 Å². The number of halogens is 3. The quantitative estimate of drug-likeness (QED) is 0.613. The molecule has 0 saturated carbocycles. The molecule has 1 saturated heterocycles. The van der Waals surface area contributed by atoms with Gasteiger partial charge in [0.25, 0.3) is 0 Å². The van der Waals surface area contributed by atoms with Gasteiger partial charge in [0, 0.05) is 9.50 Å². The molecule has 2 rings (SSSR count). The molecule has 0 bridgehead atoms. The van der Waals surface area contributed by atoms with Crippen LogP contribution in [0.1, 0.15) is 11.5 Å². The number of hydrogen-bond acceptors (Lipinski definition) is 2. The van der Waals surface area contributed by atoms with E-state index in [9.17, 15) is 9.59 Å². The van der Waals surface area contributed by atoms with Crippen molar-refractivity contribution in [1.29, 1.82) is 0 Å². The molecule has 1 aromatic carbocycles. The number of alkyl halides is 1. The van der Waals surface area contributed by atoms with Crippen LogP contribution in [0.2, 0.25) is 5.02 Å². The Morgan fingerprint density at radius 1 is 1.25 bits per heavy atom. The second kappa shape index (κ2) is 4.47. The number of hydrogen-bond donors (Lipinski definition) is 1. The van der Waals surface area contributed by atoms with Crippen molar-refractivity contribution in [2.45, 2.75) is 10.7 Å². The number of rotatable bonds is 1. The Labute approximate surface area is 114 Å². The predicted octanol–water partition coefficient (Wildman–Crippen LogP) is 2.61. The molecule has 1 aliphatic rings. The Kier molecular flexibility index (Phi) is 3.37.